The average Bonchev–Trinajstić information content (AvgIpc) is 3.23. The standard InChI is InChI=1S/C22H25N3O5S2/c1-5-30-22(27)18-9-16(10-23)21(24-14(18)3)31-11-20(26)19-8-13(2)25(15(19)4)17-6-7-32(28,29)12-17/h8-9,17H,5-7,11-12H2,1-4H3. The van der Waals surface area contributed by atoms with Gasteiger partial charge in [-0.15, -0.1) is 0 Å². The number of nitrogens with zero attached hydrogens (tertiary/aromatic N) is 3. The second-order valence-electron chi connectivity index (χ2n) is 7.73. The normalized spacial score (nSPS) is 17.2. The molecule has 10 heteroatoms. The lowest BCUT2D eigenvalue weighted by molar-refractivity contribution is 0.0524. The Balaban J connectivity index is 1.79. The quantitative estimate of drug-likeness (QED) is 0.340. The molecule has 0 amide bonds. The van der Waals surface area contributed by atoms with Crippen LogP contribution in [-0.4, -0.2) is 53.6 Å². The van der Waals surface area contributed by atoms with Crippen molar-refractivity contribution in [2.75, 3.05) is 23.9 Å². The van der Waals surface area contributed by atoms with Crippen LogP contribution in [0, 0.1) is 32.1 Å². The number of hydrogen-bond donors (Lipinski definition) is 0. The minimum absolute atomic E-state index is 0.0626. The maximum atomic E-state index is 13.0. The van der Waals surface area contributed by atoms with Crippen LogP contribution >= 0.6 is 11.8 Å². The number of nitriles is 1. The molecule has 8 nitrogen and oxygen atoms in total. The van der Waals surface area contributed by atoms with Crippen LogP contribution in [-0.2, 0) is 14.6 Å². The number of thioether (sulfide) groups is 1. The van der Waals surface area contributed by atoms with E-state index < -0.39 is 15.8 Å². The topological polar surface area (TPSA) is 119 Å². The van der Waals surface area contributed by atoms with Crippen LogP contribution in [0.3, 0.4) is 0 Å². The molecular formula is C22H25N3O5S2. The molecule has 1 saturated heterocycles. The minimum Gasteiger partial charge on any atom is -0.462 e. The highest BCUT2D eigenvalue weighted by atomic mass is 32.2. The van der Waals surface area contributed by atoms with Gasteiger partial charge in [0.15, 0.2) is 15.6 Å². The molecule has 1 aliphatic heterocycles. The van der Waals surface area contributed by atoms with Gasteiger partial charge in [0.25, 0.3) is 0 Å². The van der Waals surface area contributed by atoms with E-state index in [0.717, 1.165) is 23.1 Å². The number of pyridine rings is 1. The zero-order chi connectivity index (χ0) is 23.6. The minimum atomic E-state index is -3.04. The Morgan fingerprint density at radius 2 is 2.00 bits per heavy atom. The molecule has 3 rings (SSSR count). The van der Waals surface area contributed by atoms with Crippen molar-refractivity contribution in [1.82, 2.24) is 9.55 Å². The zero-order valence-electron chi connectivity index (χ0n) is 18.5. The predicted molar refractivity (Wildman–Crippen MR) is 121 cm³/mol. The largest absolute Gasteiger partial charge is 0.462 e. The first-order chi connectivity index (χ1) is 15.1. The Morgan fingerprint density at radius 3 is 2.59 bits per heavy atom. The number of ketones is 1. The number of aromatic nitrogens is 2. The van der Waals surface area contributed by atoms with Crippen LogP contribution in [0.5, 0.6) is 0 Å². The van der Waals surface area contributed by atoms with Crippen molar-refractivity contribution in [2.45, 2.75) is 45.2 Å². The number of carbonyl (C=O) groups excluding carboxylic acids is 2. The summed E-state index contributed by atoms with van der Waals surface area (Å²) in [4.78, 5) is 29.4. The van der Waals surface area contributed by atoms with Gasteiger partial charge in [-0.1, -0.05) is 11.8 Å². The van der Waals surface area contributed by atoms with Crippen LogP contribution in [0.15, 0.2) is 17.2 Å². The first-order valence-electron chi connectivity index (χ1n) is 10.2. The van der Waals surface area contributed by atoms with Gasteiger partial charge in [-0.3, -0.25) is 4.79 Å². The summed E-state index contributed by atoms with van der Waals surface area (Å²) < 4.78 is 30.7. The smallest absolute Gasteiger partial charge is 0.340 e. The van der Waals surface area contributed by atoms with E-state index in [4.69, 9.17) is 4.74 Å². The molecule has 32 heavy (non-hydrogen) atoms. The van der Waals surface area contributed by atoms with Crippen LogP contribution < -0.4 is 0 Å². The van der Waals surface area contributed by atoms with Gasteiger partial charge in [0.05, 0.1) is 40.7 Å². The molecule has 0 N–H and O–H groups in total. The van der Waals surface area contributed by atoms with E-state index in [1.165, 1.54) is 6.07 Å². The van der Waals surface area contributed by atoms with Crippen LogP contribution in [0.1, 0.15) is 62.7 Å². The van der Waals surface area contributed by atoms with Crippen molar-refractivity contribution < 1.29 is 22.7 Å². The van der Waals surface area contributed by atoms with E-state index in [1.54, 1.807) is 19.9 Å². The number of Topliss-reactive ketones (excluding diaryl/α,β-unsaturated/α-hetero) is 1. The molecule has 170 valence electrons. The van der Waals surface area contributed by atoms with Crippen molar-refractivity contribution in [3.05, 3.63) is 45.9 Å². The van der Waals surface area contributed by atoms with E-state index in [9.17, 15) is 23.3 Å². The predicted octanol–water partition coefficient (Wildman–Crippen LogP) is 3.19. The molecule has 1 fully saturated rings. The van der Waals surface area contributed by atoms with Gasteiger partial charge in [0.1, 0.15) is 11.1 Å². The van der Waals surface area contributed by atoms with E-state index >= 15 is 0 Å². The summed E-state index contributed by atoms with van der Waals surface area (Å²) in [5.74, 6) is -0.353. The summed E-state index contributed by atoms with van der Waals surface area (Å²) in [6, 6.07) is 5.11. The third-order valence-electron chi connectivity index (χ3n) is 5.49. The summed E-state index contributed by atoms with van der Waals surface area (Å²) in [6.45, 7) is 7.27. The summed E-state index contributed by atoms with van der Waals surface area (Å²) >= 11 is 1.14. The molecule has 1 atom stereocenters. The first kappa shape index (κ1) is 24.0. The maximum absolute atomic E-state index is 13.0. The number of aryl methyl sites for hydroxylation is 2. The number of carbonyl (C=O) groups is 2. The van der Waals surface area contributed by atoms with Crippen molar-refractivity contribution >= 4 is 33.4 Å². The van der Waals surface area contributed by atoms with Gasteiger partial charge < -0.3 is 9.30 Å². The van der Waals surface area contributed by atoms with Crippen molar-refractivity contribution in [3.63, 3.8) is 0 Å². The Hall–Kier alpha value is -2.64. The van der Waals surface area contributed by atoms with Crippen LogP contribution in [0.25, 0.3) is 0 Å². The monoisotopic (exact) mass is 475 g/mol. The third-order valence-corrected chi connectivity index (χ3v) is 8.23. The molecule has 2 aromatic heterocycles. The molecular weight excluding hydrogens is 450 g/mol. The zero-order valence-corrected chi connectivity index (χ0v) is 20.1. The molecule has 0 radical (unpaired) electrons. The van der Waals surface area contributed by atoms with Gasteiger partial charge in [-0.25, -0.2) is 18.2 Å². The molecule has 0 aliphatic carbocycles. The average molecular weight is 476 g/mol. The van der Waals surface area contributed by atoms with Gasteiger partial charge in [-0.05, 0) is 46.2 Å². The van der Waals surface area contributed by atoms with Crippen molar-refractivity contribution in [3.8, 4) is 6.07 Å². The van der Waals surface area contributed by atoms with E-state index in [0.29, 0.717) is 22.7 Å². The van der Waals surface area contributed by atoms with Crippen LogP contribution in [0.2, 0.25) is 0 Å². The number of sulfone groups is 1. The highest BCUT2D eigenvalue weighted by molar-refractivity contribution is 8.00. The molecule has 3 heterocycles. The van der Waals surface area contributed by atoms with Gasteiger partial charge in [-0.2, -0.15) is 5.26 Å². The Kier molecular flexibility index (Phi) is 7.10. The third kappa shape index (κ3) is 4.89. The summed E-state index contributed by atoms with van der Waals surface area (Å²) in [6.07, 6.45) is 0.544. The Morgan fingerprint density at radius 1 is 1.28 bits per heavy atom. The number of hydrogen-bond acceptors (Lipinski definition) is 8. The van der Waals surface area contributed by atoms with Gasteiger partial charge in [0.2, 0.25) is 0 Å². The molecule has 1 aliphatic rings. The SMILES string of the molecule is CCOC(=O)c1cc(C#N)c(SCC(=O)c2cc(C)n(C3CCS(=O)(=O)C3)c2C)nc1C. The fourth-order valence-electron chi connectivity index (χ4n) is 4.00. The number of esters is 1. The van der Waals surface area contributed by atoms with E-state index in [1.807, 2.05) is 24.5 Å². The lowest BCUT2D eigenvalue weighted by Gasteiger charge is -2.16. The first-order valence-corrected chi connectivity index (χ1v) is 13.0. The lowest BCUT2D eigenvalue weighted by atomic mass is 10.1. The van der Waals surface area contributed by atoms with Crippen molar-refractivity contribution in [2.24, 2.45) is 0 Å². The molecule has 0 bridgehead atoms. The van der Waals surface area contributed by atoms with Crippen LogP contribution in [0.4, 0.5) is 0 Å². The molecule has 0 saturated carbocycles. The number of rotatable bonds is 7. The molecule has 2 aromatic rings. The van der Waals surface area contributed by atoms with E-state index in [-0.39, 0.29) is 46.8 Å². The van der Waals surface area contributed by atoms with Gasteiger partial charge in [0, 0.05) is 23.0 Å². The maximum Gasteiger partial charge on any atom is 0.340 e. The highest BCUT2D eigenvalue weighted by Crippen LogP contribution is 2.30. The summed E-state index contributed by atoms with van der Waals surface area (Å²) in [5, 5.41) is 9.86. The highest BCUT2D eigenvalue weighted by Gasteiger charge is 2.31. The Labute approximate surface area is 191 Å². The van der Waals surface area contributed by atoms with Crippen molar-refractivity contribution in [1.29, 1.82) is 5.26 Å². The summed E-state index contributed by atoms with van der Waals surface area (Å²) in [7, 11) is -3.04. The van der Waals surface area contributed by atoms with E-state index in [2.05, 4.69) is 4.98 Å². The molecule has 1 unspecified atom stereocenters. The second kappa shape index (κ2) is 9.46. The fourth-order valence-corrected chi connectivity index (χ4v) is 6.59. The number of ether oxygens (including phenoxy) is 1. The lowest BCUT2D eigenvalue weighted by Crippen LogP contribution is -2.14. The van der Waals surface area contributed by atoms with Gasteiger partial charge >= 0.3 is 5.97 Å². The molecule has 0 aromatic carbocycles. The second-order valence-corrected chi connectivity index (χ2v) is 10.9. The summed E-state index contributed by atoms with van der Waals surface area (Å²) in [5.41, 5.74) is 3.00. The molecule has 0 spiro atoms. The fraction of sp³-hybridized carbons (Fsp3) is 0.455. The Bertz CT molecular complexity index is 1230.